The molecular weight excluding hydrogens is 666 g/mol. The van der Waals surface area contributed by atoms with Crippen LogP contribution >= 0.6 is 0 Å². The van der Waals surface area contributed by atoms with Crippen molar-refractivity contribution in [3.05, 3.63) is 58.7 Å². The minimum atomic E-state index is -4.73. The SMILES string of the molecule is COC(=O)c1ccc(S(=O)(=O)[O-])cc1C(=O)OC.COC(=O)c1ccc(S(=O)(=O)[O-])cc1C(=O)OC.[Ba+2]. The van der Waals surface area contributed by atoms with Gasteiger partial charge >= 0.3 is 72.8 Å². The van der Waals surface area contributed by atoms with Crippen LogP contribution in [0, 0.1) is 0 Å². The maximum Gasteiger partial charge on any atom is 2.00 e. The molecule has 2 aromatic carbocycles. The molecule has 2 rings (SSSR count). The van der Waals surface area contributed by atoms with Crippen molar-refractivity contribution < 1.29 is 64.1 Å². The van der Waals surface area contributed by atoms with Crippen molar-refractivity contribution in [1.29, 1.82) is 0 Å². The molecule has 0 spiro atoms. The molecule has 0 unspecified atom stereocenters. The Kier molecular flexibility index (Phi) is 13.7. The van der Waals surface area contributed by atoms with Crippen LogP contribution in [-0.4, -0.2) is 127 Å². The molecule has 0 radical (unpaired) electrons. The van der Waals surface area contributed by atoms with Gasteiger partial charge in [0.2, 0.25) is 0 Å². The molecule has 0 saturated carbocycles. The Morgan fingerprint density at radius 2 is 0.784 bits per heavy atom. The summed E-state index contributed by atoms with van der Waals surface area (Å²) in [5.74, 6) is -3.57. The van der Waals surface area contributed by atoms with Gasteiger partial charge in [-0.25, -0.2) is 36.0 Å². The van der Waals surface area contributed by atoms with Gasteiger partial charge in [0, 0.05) is 0 Å². The Morgan fingerprint density at radius 1 is 0.541 bits per heavy atom. The van der Waals surface area contributed by atoms with Gasteiger partial charge in [-0.1, -0.05) is 0 Å². The minimum absolute atomic E-state index is 0. The molecular formula is C20H18BaO14S2. The zero-order valence-corrected chi connectivity index (χ0v) is 25.8. The summed E-state index contributed by atoms with van der Waals surface area (Å²) in [5, 5.41) is 0. The van der Waals surface area contributed by atoms with Crippen molar-refractivity contribution in [2.45, 2.75) is 9.79 Å². The molecule has 0 fully saturated rings. The zero-order chi connectivity index (χ0) is 27.8. The van der Waals surface area contributed by atoms with Crippen LogP contribution in [0.15, 0.2) is 46.2 Å². The quantitative estimate of drug-likeness (QED) is 0.169. The van der Waals surface area contributed by atoms with Gasteiger partial charge in [0.05, 0.1) is 60.5 Å². The monoisotopic (exact) mass is 684 g/mol. The van der Waals surface area contributed by atoms with Crippen LogP contribution in [0.1, 0.15) is 41.4 Å². The number of methoxy groups -OCH3 is 4. The van der Waals surface area contributed by atoms with Gasteiger partial charge in [0.25, 0.3) is 0 Å². The van der Waals surface area contributed by atoms with Crippen LogP contribution in [0.5, 0.6) is 0 Å². The van der Waals surface area contributed by atoms with Crippen LogP contribution in [0.3, 0.4) is 0 Å². The fourth-order valence-electron chi connectivity index (χ4n) is 2.49. The van der Waals surface area contributed by atoms with Crippen molar-refractivity contribution in [2.24, 2.45) is 0 Å². The Hall–Kier alpha value is -2.29. The smallest absolute Gasteiger partial charge is 0.744 e. The van der Waals surface area contributed by atoms with E-state index in [4.69, 9.17) is 0 Å². The average molecular weight is 684 g/mol. The number of hydrogen-bond donors (Lipinski definition) is 0. The standard InChI is InChI=1S/2C10H10O7S.Ba/c2*1-16-9(11)7-4-3-6(18(13,14)15)5-8(7)10(12)17-2;/h2*3-5H,1-2H3,(H,13,14,15);/q;;+2/p-2. The van der Waals surface area contributed by atoms with Crippen molar-refractivity contribution in [2.75, 3.05) is 28.4 Å². The molecule has 0 aromatic heterocycles. The van der Waals surface area contributed by atoms with Gasteiger partial charge in [0.1, 0.15) is 20.2 Å². The Bertz CT molecular complexity index is 1290. The summed E-state index contributed by atoms with van der Waals surface area (Å²) < 4.78 is 82.6. The topological polar surface area (TPSA) is 220 Å². The van der Waals surface area contributed by atoms with Crippen LogP contribution in [0.2, 0.25) is 0 Å². The largest absolute Gasteiger partial charge is 2.00 e. The van der Waals surface area contributed by atoms with E-state index in [0.717, 1.165) is 64.8 Å². The molecule has 0 N–H and O–H groups in total. The molecule has 2 aromatic rings. The summed E-state index contributed by atoms with van der Waals surface area (Å²) in [4.78, 5) is 44.3. The minimum Gasteiger partial charge on any atom is -0.744 e. The van der Waals surface area contributed by atoms with E-state index < -0.39 is 53.9 Å². The second-order valence-electron chi connectivity index (χ2n) is 6.29. The fraction of sp³-hybridized carbons (Fsp3) is 0.200. The summed E-state index contributed by atoms with van der Waals surface area (Å²) in [5.41, 5.74) is -1.06. The first-order valence-electron chi connectivity index (χ1n) is 9.15. The third-order valence-electron chi connectivity index (χ3n) is 4.18. The van der Waals surface area contributed by atoms with Gasteiger partial charge in [-0.15, -0.1) is 0 Å². The van der Waals surface area contributed by atoms with Crippen LogP contribution in [-0.2, 0) is 39.2 Å². The summed E-state index contributed by atoms with van der Waals surface area (Å²) in [6.45, 7) is 0. The molecule has 17 heteroatoms. The maximum atomic E-state index is 11.4. The molecule has 0 aliphatic heterocycles. The van der Waals surface area contributed by atoms with Gasteiger partial charge in [-0.05, 0) is 36.4 Å². The van der Waals surface area contributed by atoms with Gasteiger partial charge in [-0.2, -0.15) is 0 Å². The Morgan fingerprint density at radius 3 is 1.00 bits per heavy atom. The van der Waals surface area contributed by atoms with E-state index in [9.17, 15) is 45.1 Å². The number of esters is 4. The predicted molar refractivity (Wildman–Crippen MR) is 120 cm³/mol. The number of benzene rings is 2. The van der Waals surface area contributed by atoms with Crippen LogP contribution in [0.4, 0.5) is 0 Å². The first kappa shape index (κ1) is 34.7. The molecule has 0 atom stereocenters. The zero-order valence-electron chi connectivity index (χ0n) is 19.7. The molecule has 196 valence electrons. The summed E-state index contributed by atoms with van der Waals surface area (Å²) in [7, 11) is -5.14. The van der Waals surface area contributed by atoms with Crippen molar-refractivity contribution >= 4 is 93.0 Å². The summed E-state index contributed by atoms with van der Waals surface area (Å²) >= 11 is 0. The van der Waals surface area contributed by atoms with E-state index in [1.807, 2.05) is 0 Å². The summed E-state index contributed by atoms with van der Waals surface area (Å²) in [6.07, 6.45) is 0. The molecule has 0 saturated heterocycles. The third-order valence-corrected chi connectivity index (χ3v) is 5.84. The Balaban J connectivity index is 0.000000682. The molecule has 14 nitrogen and oxygen atoms in total. The van der Waals surface area contributed by atoms with Gasteiger partial charge in [0.15, 0.2) is 0 Å². The first-order chi connectivity index (χ1) is 16.6. The van der Waals surface area contributed by atoms with E-state index in [1.165, 1.54) is 0 Å². The number of carbonyl (C=O) groups excluding carboxylic acids is 4. The molecule has 0 bridgehead atoms. The van der Waals surface area contributed by atoms with Crippen molar-refractivity contribution in [3.63, 3.8) is 0 Å². The number of hydrogen-bond acceptors (Lipinski definition) is 14. The molecule has 0 heterocycles. The molecule has 37 heavy (non-hydrogen) atoms. The normalized spacial score (nSPS) is 10.5. The second kappa shape index (κ2) is 14.6. The second-order valence-corrected chi connectivity index (χ2v) is 9.05. The van der Waals surface area contributed by atoms with E-state index in [0.29, 0.717) is 0 Å². The molecule has 0 aliphatic carbocycles. The maximum absolute atomic E-state index is 11.4. The Labute approximate surface area is 251 Å². The van der Waals surface area contributed by atoms with Gasteiger partial charge in [-0.3, -0.25) is 0 Å². The van der Waals surface area contributed by atoms with E-state index >= 15 is 0 Å². The van der Waals surface area contributed by atoms with Crippen molar-refractivity contribution in [1.82, 2.24) is 0 Å². The number of carbonyl (C=O) groups is 4. The van der Waals surface area contributed by atoms with E-state index in [1.54, 1.807) is 0 Å². The molecule has 0 aliphatic rings. The van der Waals surface area contributed by atoms with E-state index in [2.05, 4.69) is 18.9 Å². The fourth-order valence-corrected chi connectivity index (χ4v) is 3.49. The molecule has 0 amide bonds. The van der Waals surface area contributed by atoms with Crippen molar-refractivity contribution in [3.8, 4) is 0 Å². The predicted octanol–water partition coefficient (Wildman–Crippen LogP) is -0.0530. The first-order valence-corrected chi connectivity index (χ1v) is 12.0. The number of rotatable bonds is 6. The van der Waals surface area contributed by atoms with Crippen LogP contribution < -0.4 is 0 Å². The third kappa shape index (κ3) is 9.51. The summed E-state index contributed by atoms with van der Waals surface area (Å²) in [6, 6.07) is 5.43. The van der Waals surface area contributed by atoms with Crippen LogP contribution in [0.25, 0.3) is 0 Å². The van der Waals surface area contributed by atoms with E-state index in [-0.39, 0.29) is 71.1 Å². The average Bonchev–Trinajstić information content (AvgIpc) is 2.85. The number of ether oxygens (including phenoxy) is 4. The van der Waals surface area contributed by atoms with Gasteiger partial charge < -0.3 is 28.1 Å².